The highest BCUT2D eigenvalue weighted by Crippen LogP contribution is 2.44. The molecule has 3 aromatic rings. The minimum absolute atomic E-state index is 0.0359. The molecule has 0 bridgehead atoms. The zero-order chi connectivity index (χ0) is 24.8. The monoisotopic (exact) mass is 472 g/mol. The van der Waals surface area contributed by atoms with Crippen LogP contribution >= 0.6 is 0 Å². The van der Waals surface area contributed by atoms with Gasteiger partial charge in [0, 0.05) is 18.9 Å². The first-order valence-electron chi connectivity index (χ1n) is 11.6. The lowest BCUT2D eigenvalue weighted by atomic mass is 9.98. The summed E-state index contributed by atoms with van der Waals surface area (Å²) in [5.74, 6) is -2.30. The van der Waals surface area contributed by atoms with Gasteiger partial charge in [0.25, 0.3) is 0 Å². The van der Waals surface area contributed by atoms with Crippen molar-refractivity contribution in [2.45, 2.75) is 25.3 Å². The summed E-state index contributed by atoms with van der Waals surface area (Å²) < 4.78 is 5.60. The number of amides is 2. The van der Waals surface area contributed by atoms with E-state index in [4.69, 9.17) is 9.84 Å². The van der Waals surface area contributed by atoms with Crippen LogP contribution in [0.5, 0.6) is 0 Å². The van der Waals surface area contributed by atoms with Crippen LogP contribution in [-0.4, -0.2) is 42.3 Å². The highest BCUT2D eigenvalue weighted by atomic mass is 16.5. The predicted octanol–water partition coefficient (Wildman–Crippen LogP) is 3.97. The van der Waals surface area contributed by atoms with Crippen LogP contribution in [0.2, 0.25) is 0 Å². The lowest BCUT2D eigenvalue weighted by Gasteiger charge is -2.20. The van der Waals surface area contributed by atoms with Crippen LogP contribution in [-0.2, 0) is 20.7 Å². The molecule has 0 fully saturated rings. The molecule has 0 saturated carbocycles. The number of aliphatic carboxylic acids is 1. The average molecular weight is 473 g/mol. The molecule has 1 unspecified atom stereocenters. The van der Waals surface area contributed by atoms with Gasteiger partial charge >= 0.3 is 12.1 Å². The van der Waals surface area contributed by atoms with Crippen molar-refractivity contribution in [2.24, 2.45) is 5.92 Å². The van der Waals surface area contributed by atoms with E-state index in [9.17, 15) is 14.4 Å². The topological polar surface area (TPSA) is 105 Å². The van der Waals surface area contributed by atoms with Crippen molar-refractivity contribution in [1.82, 2.24) is 10.6 Å². The summed E-state index contributed by atoms with van der Waals surface area (Å²) in [6, 6.07) is 24.5. The van der Waals surface area contributed by atoms with Crippen molar-refractivity contribution in [3.63, 3.8) is 0 Å². The van der Waals surface area contributed by atoms with E-state index in [0.29, 0.717) is 0 Å². The Morgan fingerprint density at radius 1 is 0.886 bits per heavy atom. The summed E-state index contributed by atoms with van der Waals surface area (Å²) in [5, 5.41) is 14.4. The number of carbonyl (C=O) groups is 3. The number of hydrogen-bond acceptors (Lipinski definition) is 4. The van der Waals surface area contributed by atoms with Crippen LogP contribution in [0.3, 0.4) is 0 Å². The number of ether oxygens (including phenoxy) is 1. The second kappa shape index (κ2) is 10.9. The van der Waals surface area contributed by atoms with Crippen molar-refractivity contribution in [2.75, 3.05) is 13.2 Å². The maximum Gasteiger partial charge on any atom is 0.407 e. The average Bonchev–Trinajstić information content (AvgIpc) is 3.19. The minimum Gasteiger partial charge on any atom is -0.481 e. The van der Waals surface area contributed by atoms with Gasteiger partial charge in [-0.2, -0.15) is 0 Å². The molecule has 3 aromatic carbocycles. The van der Waals surface area contributed by atoms with Crippen molar-refractivity contribution < 1.29 is 24.2 Å². The maximum atomic E-state index is 12.8. The summed E-state index contributed by atoms with van der Waals surface area (Å²) in [5.41, 5.74) is 5.32. The standard InChI is InChI=1S/C28H28N2O5/c1-18(27(32)33)16-29-26(31)25(15-19-9-3-2-4-10-19)30-28(34)35-17-24-22-13-7-5-11-20(22)21-12-6-8-14-23(21)24/h2-14,18,24-25H,15-17H2,1H3,(H,29,31)(H,30,34)(H,32,33)/t18?,25-/m1/s1. The number of nitrogens with one attached hydrogen (secondary N) is 2. The van der Waals surface area contributed by atoms with Gasteiger partial charge in [-0.25, -0.2) is 4.79 Å². The summed E-state index contributed by atoms with van der Waals surface area (Å²) in [6.07, 6.45) is -0.451. The Hall–Kier alpha value is -4.13. The molecule has 0 heterocycles. The van der Waals surface area contributed by atoms with Gasteiger partial charge in [-0.15, -0.1) is 0 Å². The van der Waals surface area contributed by atoms with Crippen LogP contribution in [0.1, 0.15) is 29.5 Å². The fraction of sp³-hybridized carbons (Fsp3) is 0.250. The van der Waals surface area contributed by atoms with Gasteiger partial charge in [0.2, 0.25) is 5.91 Å². The Kier molecular flexibility index (Phi) is 7.45. The van der Waals surface area contributed by atoms with E-state index in [1.54, 1.807) is 0 Å². The largest absolute Gasteiger partial charge is 0.481 e. The van der Waals surface area contributed by atoms with Gasteiger partial charge in [0.15, 0.2) is 0 Å². The zero-order valence-electron chi connectivity index (χ0n) is 19.4. The van der Waals surface area contributed by atoms with E-state index in [2.05, 4.69) is 22.8 Å². The van der Waals surface area contributed by atoms with Crippen LogP contribution in [0.15, 0.2) is 78.9 Å². The molecule has 7 nitrogen and oxygen atoms in total. The first-order chi connectivity index (χ1) is 16.9. The highest BCUT2D eigenvalue weighted by molar-refractivity contribution is 5.86. The van der Waals surface area contributed by atoms with Gasteiger partial charge in [-0.1, -0.05) is 85.8 Å². The number of benzene rings is 3. The number of alkyl carbamates (subject to hydrolysis) is 1. The van der Waals surface area contributed by atoms with E-state index in [-0.39, 0.29) is 25.5 Å². The predicted molar refractivity (Wildman–Crippen MR) is 132 cm³/mol. The van der Waals surface area contributed by atoms with E-state index in [1.165, 1.54) is 6.92 Å². The Bertz CT molecular complexity index is 1170. The van der Waals surface area contributed by atoms with Crippen LogP contribution in [0.4, 0.5) is 4.79 Å². The summed E-state index contributed by atoms with van der Waals surface area (Å²) in [6.45, 7) is 1.61. The molecule has 0 aromatic heterocycles. The van der Waals surface area contributed by atoms with E-state index in [1.807, 2.05) is 66.7 Å². The second-order valence-corrected chi connectivity index (χ2v) is 8.70. The molecule has 1 aliphatic rings. The number of rotatable bonds is 9. The molecule has 0 aliphatic heterocycles. The second-order valence-electron chi connectivity index (χ2n) is 8.70. The molecule has 3 N–H and O–H groups in total. The Balaban J connectivity index is 1.43. The van der Waals surface area contributed by atoms with Gasteiger partial charge in [0.1, 0.15) is 12.6 Å². The van der Waals surface area contributed by atoms with E-state index >= 15 is 0 Å². The summed E-state index contributed by atoms with van der Waals surface area (Å²) in [4.78, 5) is 36.7. The van der Waals surface area contributed by atoms with Crippen LogP contribution in [0, 0.1) is 5.92 Å². The summed E-state index contributed by atoms with van der Waals surface area (Å²) in [7, 11) is 0. The fourth-order valence-corrected chi connectivity index (χ4v) is 4.31. The first kappa shape index (κ1) is 24.0. The van der Waals surface area contributed by atoms with Gasteiger partial charge < -0.3 is 20.5 Å². The zero-order valence-corrected chi connectivity index (χ0v) is 19.4. The molecule has 4 rings (SSSR count). The lowest BCUT2D eigenvalue weighted by Crippen LogP contribution is -2.49. The Morgan fingerprint density at radius 2 is 1.46 bits per heavy atom. The molecule has 1 aliphatic carbocycles. The van der Waals surface area contributed by atoms with Crippen LogP contribution in [0.25, 0.3) is 11.1 Å². The number of fused-ring (bicyclic) bond motifs is 3. The van der Waals surface area contributed by atoms with Crippen LogP contribution < -0.4 is 10.6 Å². The molecule has 180 valence electrons. The summed E-state index contributed by atoms with van der Waals surface area (Å²) >= 11 is 0. The molecule has 2 atom stereocenters. The number of carbonyl (C=O) groups excluding carboxylic acids is 2. The number of carboxylic acids is 1. The van der Waals surface area contributed by atoms with Crippen molar-refractivity contribution in [1.29, 1.82) is 0 Å². The Labute approximate surface area is 204 Å². The molecule has 0 radical (unpaired) electrons. The molecular weight excluding hydrogens is 444 g/mol. The maximum absolute atomic E-state index is 12.8. The molecule has 7 heteroatoms. The van der Waals surface area contributed by atoms with Gasteiger partial charge in [0.05, 0.1) is 5.92 Å². The SMILES string of the molecule is CC(CNC(=O)[C@@H](Cc1ccccc1)NC(=O)OCC1c2ccccc2-c2ccccc21)C(=O)O. The smallest absolute Gasteiger partial charge is 0.407 e. The number of hydrogen-bond donors (Lipinski definition) is 3. The quantitative estimate of drug-likeness (QED) is 0.437. The molecule has 2 amide bonds. The molecule has 0 saturated heterocycles. The molecule has 0 spiro atoms. The molecular formula is C28H28N2O5. The van der Waals surface area contributed by atoms with E-state index in [0.717, 1.165) is 27.8 Å². The third kappa shape index (κ3) is 5.69. The fourth-order valence-electron chi connectivity index (χ4n) is 4.31. The molecule has 35 heavy (non-hydrogen) atoms. The third-order valence-corrected chi connectivity index (χ3v) is 6.24. The van der Waals surface area contributed by atoms with Gasteiger partial charge in [-0.05, 0) is 27.8 Å². The van der Waals surface area contributed by atoms with Crippen molar-refractivity contribution in [3.8, 4) is 11.1 Å². The lowest BCUT2D eigenvalue weighted by molar-refractivity contribution is -0.141. The Morgan fingerprint density at radius 3 is 2.06 bits per heavy atom. The van der Waals surface area contributed by atoms with Crippen molar-refractivity contribution >= 4 is 18.0 Å². The normalized spacial score (nSPS) is 13.7. The first-order valence-corrected chi connectivity index (χ1v) is 11.6. The highest BCUT2D eigenvalue weighted by Gasteiger charge is 2.30. The number of carboxylic acid groups (broad SMARTS) is 1. The van der Waals surface area contributed by atoms with E-state index < -0.39 is 29.9 Å². The van der Waals surface area contributed by atoms with Crippen molar-refractivity contribution in [3.05, 3.63) is 95.6 Å². The van der Waals surface area contributed by atoms with Gasteiger partial charge in [-0.3, -0.25) is 9.59 Å². The third-order valence-electron chi connectivity index (χ3n) is 6.24. The minimum atomic E-state index is -1.01.